The van der Waals surface area contributed by atoms with Gasteiger partial charge < -0.3 is 25.1 Å². The van der Waals surface area contributed by atoms with Gasteiger partial charge in [0, 0.05) is 36.8 Å². The zero-order valence-electron chi connectivity index (χ0n) is 27.5. The molecule has 3 saturated heterocycles. The highest BCUT2D eigenvalue weighted by Crippen LogP contribution is 2.48. The number of alkyl halides is 3. The minimum atomic E-state index is -4.57. The van der Waals surface area contributed by atoms with E-state index in [2.05, 4.69) is 33.0 Å². The number of aliphatic hydroxyl groups excluding tert-OH is 1. The number of nitrogens with one attached hydrogen (secondary N) is 1. The van der Waals surface area contributed by atoms with Crippen molar-refractivity contribution in [2.45, 2.75) is 143 Å². The van der Waals surface area contributed by atoms with E-state index in [0.29, 0.717) is 32.2 Å². The number of carbonyl (C=O) groups excluding carboxylic acids is 3. The first-order valence-electron chi connectivity index (χ1n) is 16.0. The van der Waals surface area contributed by atoms with E-state index in [1.165, 1.54) is 4.90 Å². The van der Waals surface area contributed by atoms with Gasteiger partial charge in [0.1, 0.15) is 13.0 Å². The summed E-state index contributed by atoms with van der Waals surface area (Å²) < 4.78 is 40.1. The summed E-state index contributed by atoms with van der Waals surface area (Å²) in [6, 6.07) is -0.830. The van der Waals surface area contributed by atoms with E-state index in [4.69, 9.17) is 0 Å². The monoisotopic (exact) mass is 616 g/mol. The van der Waals surface area contributed by atoms with Crippen LogP contribution in [0.3, 0.4) is 0 Å². The molecule has 5 unspecified atom stereocenters. The van der Waals surface area contributed by atoms with Gasteiger partial charge in [0.15, 0.2) is 0 Å². The fourth-order valence-electron chi connectivity index (χ4n) is 8.50. The summed E-state index contributed by atoms with van der Waals surface area (Å²) in [5.74, 6) is -1.14. The third kappa shape index (κ3) is 8.24. The van der Waals surface area contributed by atoms with Crippen LogP contribution in [-0.2, 0) is 14.4 Å². The molecule has 0 aromatic carbocycles. The third-order valence-electron chi connectivity index (χ3n) is 10.3. The molecule has 3 heterocycles. The smallest absolute Gasteiger partial charge is 0.387 e. The molecule has 3 amide bonds. The van der Waals surface area contributed by atoms with Crippen LogP contribution in [0.5, 0.6) is 0 Å². The van der Waals surface area contributed by atoms with E-state index in [9.17, 15) is 32.7 Å². The van der Waals surface area contributed by atoms with Gasteiger partial charge >= 0.3 is 6.18 Å². The normalized spacial score (nSPS) is 27.3. The molecule has 8 nitrogen and oxygen atoms in total. The topological polar surface area (TPSA) is 93.2 Å². The average molecular weight is 617 g/mol. The number of likely N-dealkylation sites (tertiary alicyclic amines) is 3. The molecule has 0 radical (unpaired) electrons. The predicted octanol–water partition coefficient (Wildman–Crippen LogP) is 4.74. The Balaban J connectivity index is 1.86. The minimum Gasteiger partial charge on any atom is -0.387 e. The second kappa shape index (κ2) is 13.2. The van der Waals surface area contributed by atoms with Gasteiger partial charge in [-0.1, -0.05) is 48.5 Å². The Kier molecular flexibility index (Phi) is 11.0. The van der Waals surface area contributed by atoms with Crippen LogP contribution in [0.2, 0.25) is 0 Å². The van der Waals surface area contributed by atoms with Crippen molar-refractivity contribution in [3.8, 4) is 0 Å². The van der Waals surface area contributed by atoms with Crippen LogP contribution < -0.4 is 5.32 Å². The number of likely N-dealkylation sites (N-methyl/N-ethyl adjacent to an activating group) is 1. The van der Waals surface area contributed by atoms with Crippen molar-refractivity contribution in [1.29, 1.82) is 0 Å². The summed E-state index contributed by atoms with van der Waals surface area (Å²) in [5, 5.41) is 12.5. The first-order valence-corrected chi connectivity index (χ1v) is 16.0. The summed E-state index contributed by atoms with van der Waals surface area (Å²) in [5.41, 5.74) is -1.11. The molecule has 0 aromatic rings. The lowest BCUT2D eigenvalue weighted by Gasteiger charge is -2.46. The van der Waals surface area contributed by atoms with Crippen molar-refractivity contribution >= 4 is 17.7 Å². The Bertz CT molecular complexity index is 1010. The molecule has 0 bridgehead atoms. The quantitative estimate of drug-likeness (QED) is 0.370. The van der Waals surface area contributed by atoms with E-state index in [1.807, 2.05) is 25.7 Å². The molecule has 3 aliphatic rings. The second-order valence-electron chi connectivity index (χ2n) is 15.6. The van der Waals surface area contributed by atoms with Crippen molar-refractivity contribution in [3.05, 3.63) is 0 Å². The number of halogens is 3. The maximum absolute atomic E-state index is 13.7. The van der Waals surface area contributed by atoms with Crippen molar-refractivity contribution in [2.75, 3.05) is 26.7 Å². The first-order chi connectivity index (χ1) is 19.7. The van der Waals surface area contributed by atoms with Gasteiger partial charge in [-0.3, -0.25) is 14.4 Å². The largest absolute Gasteiger partial charge is 0.397 e. The Morgan fingerprint density at radius 3 is 1.74 bits per heavy atom. The van der Waals surface area contributed by atoms with Crippen LogP contribution in [-0.4, -0.2) is 101 Å². The highest BCUT2D eigenvalue weighted by Gasteiger charge is 2.51. The van der Waals surface area contributed by atoms with Gasteiger partial charge in [0.05, 0.1) is 6.54 Å². The van der Waals surface area contributed by atoms with Crippen LogP contribution in [0.4, 0.5) is 13.2 Å². The number of hydrogen-bond acceptors (Lipinski definition) is 5. The summed E-state index contributed by atoms with van der Waals surface area (Å²) in [6.07, 6.45) is -0.247. The van der Waals surface area contributed by atoms with Crippen molar-refractivity contribution < 1.29 is 32.7 Å². The highest BCUT2D eigenvalue weighted by atomic mass is 19.4. The molecule has 0 aromatic heterocycles. The van der Waals surface area contributed by atoms with Crippen LogP contribution in [0.1, 0.15) is 106 Å². The molecular formula is C32H55F3N4O4. The van der Waals surface area contributed by atoms with E-state index in [-0.39, 0.29) is 59.4 Å². The van der Waals surface area contributed by atoms with Crippen LogP contribution in [0.15, 0.2) is 0 Å². The Morgan fingerprint density at radius 2 is 1.26 bits per heavy atom. The van der Waals surface area contributed by atoms with Crippen molar-refractivity contribution in [3.63, 3.8) is 0 Å². The molecule has 3 rings (SSSR count). The number of rotatable bonds is 10. The molecule has 3 fully saturated rings. The standard InChI is InChI=1S/C32H55F3N4O4/c1-29(2,3)23-13-11-21(38(23)26(41)18-32(33,34)35)17-31(6,7)25-14-12-22(39(25)27(42)19-36-8)16-30(4,5)24-10-9-15-37(24)28(43)20-40/h21-25,36,40H,9-20H2,1-8H3. The summed E-state index contributed by atoms with van der Waals surface area (Å²) >= 11 is 0. The minimum absolute atomic E-state index is 0.0161. The van der Waals surface area contributed by atoms with E-state index in [1.54, 1.807) is 11.9 Å². The SMILES string of the molecule is CNCC(=O)N1C(CC(C)(C)C2CCCN2C(=O)CO)CCC1C(C)(C)CC1CCC(C(C)(C)C)N1C(=O)CC(F)(F)F. The molecular weight excluding hydrogens is 561 g/mol. The molecule has 3 aliphatic heterocycles. The fraction of sp³-hybridized carbons (Fsp3) is 0.906. The van der Waals surface area contributed by atoms with Gasteiger partial charge in [-0.25, -0.2) is 0 Å². The van der Waals surface area contributed by atoms with Gasteiger partial charge in [0.2, 0.25) is 17.7 Å². The first kappa shape index (κ1) is 35.6. The van der Waals surface area contributed by atoms with E-state index < -0.39 is 30.5 Å². The summed E-state index contributed by atoms with van der Waals surface area (Å²) in [7, 11) is 1.74. The van der Waals surface area contributed by atoms with Crippen molar-refractivity contribution in [1.82, 2.24) is 20.0 Å². The molecule has 248 valence electrons. The lowest BCUT2D eigenvalue weighted by molar-refractivity contribution is -0.165. The Morgan fingerprint density at radius 1 is 0.744 bits per heavy atom. The van der Waals surface area contributed by atoms with Gasteiger partial charge in [-0.2, -0.15) is 13.2 Å². The maximum Gasteiger partial charge on any atom is 0.397 e. The molecule has 2 N–H and O–H groups in total. The van der Waals surface area contributed by atoms with Crippen LogP contribution in [0.25, 0.3) is 0 Å². The number of hydrogen-bond donors (Lipinski definition) is 2. The lowest BCUT2D eigenvalue weighted by atomic mass is 9.76. The number of carbonyl (C=O) groups is 3. The van der Waals surface area contributed by atoms with Crippen LogP contribution in [0, 0.1) is 16.2 Å². The van der Waals surface area contributed by atoms with Gasteiger partial charge in [0.25, 0.3) is 0 Å². The summed E-state index contributed by atoms with van der Waals surface area (Å²) in [6.45, 7) is 14.6. The zero-order valence-corrected chi connectivity index (χ0v) is 27.5. The predicted molar refractivity (Wildman–Crippen MR) is 160 cm³/mol. The second-order valence-corrected chi connectivity index (χ2v) is 15.6. The van der Waals surface area contributed by atoms with E-state index >= 15 is 0 Å². The molecule has 0 saturated carbocycles. The Hall–Kier alpha value is -1.88. The molecule has 43 heavy (non-hydrogen) atoms. The van der Waals surface area contributed by atoms with Gasteiger partial charge in [-0.05, 0) is 74.7 Å². The fourth-order valence-corrected chi connectivity index (χ4v) is 8.50. The summed E-state index contributed by atoms with van der Waals surface area (Å²) in [4.78, 5) is 44.6. The number of amides is 3. The number of aliphatic hydroxyl groups is 1. The lowest BCUT2D eigenvalue weighted by Crippen LogP contribution is -2.54. The van der Waals surface area contributed by atoms with Crippen molar-refractivity contribution in [2.24, 2.45) is 16.2 Å². The molecule has 5 atom stereocenters. The molecule has 0 aliphatic carbocycles. The maximum atomic E-state index is 13.7. The molecule has 11 heteroatoms. The zero-order chi connectivity index (χ0) is 32.5. The Labute approximate surface area is 256 Å². The third-order valence-corrected chi connectivity index (χ3v) is 10.3. The molecule has 0 spiro atoms. The highest BCUT2D eigenvalue weighted by molar-refractivity contribution is 5.80. The van der Waals surface area contributed by atoms with E-state index in [0.717, 1.165) is 25.7 Å². The van der Waals surface area contributed by atoms with Crippen LogP contribution >= 0.6 is 0 Å². The number of nitrogens with zero attached hydrogens (tertiary/aromatic N) is 3. The van der Waals surface area contributed by atoms with Gasteiger partial charge in [-0.15, -0.1) is 0 Å². The average Bonchev–Trinajstić information content (AvgIpc) is 3.60.